The predicted molar refractivity (Wildman–Crippen MR) is 100 cm³/mol. The predicted octanol–water partition coefficient (Wildman–Crippen LogP) is 3.61. The molecule has 1 atom stereocenters. The van der Waals surface area contributed by atoms with Crippen molar-refractivity contribution in [2.75, 3.05) is 12.4 Å². The lowest BCUT2D eigenvalue weighted by Crippen LogP contribution is -2.16. The zero-order valence-electron chi connectivity index (χ0n) is 15.3. The Labute approximate surface area is 155 Å². The molecule has 138 valence electrons. The average molecular weight is 373 g/mol. The molecule has 1 fully saturated rings. The third-order valence-electron chi connectivity index (χ3n) is 4.65. The second-order valence-corrected chi connectivity index (χ2v) is 8.22. The van der Waals surface area contributed by atoms with Crippen molar-refractivity contribution in [1.82, 2.24) is 4.57 Å². The molecule has 5 nitrogen and oxygen atoms in total. The summed E-state index contributed by atoms with van der Waals surface area (Å²) in [4.78, 5) is 25.4. The number of benzene rings is 1. The number of aromatic nitrogens is 1. The third kappa shape index (κ3) is 3.65. The van der Waals surface area contributed by atoms with Gasteiger partial charge in [0.2, 0.25) is 5.78 Å². The van der Waals surface area contributed by atoms with Gasteiger partial charge < -0.3 is 9.30 Å². The number of hydrogen-bond donors (Lipinski definition) is 0. The van der Waals surface area contributed by atoms with E-state index in [4.69, 9.17) is 4.74 Å². The van der Waals surface area contributed by atoms with Gasteiger partial charge in [-0.3, -0.25) is 9.00 Å². The summed E-state index contributed by atoms with van der Waals surface area (Å²) in [6.45, 7) is 5.39. The smallest absolute Gasteiger partial charge is 0.339 e. The van der Waals surface area contributed by atoms with Gasteiger partial charge in [0.05, 0.1) is 21.3 Å². The SMILES string of the molecule is CCS(=O)c1ccccc1C(=O)OCC(=O)c1cc(C)n(C2CC2)c1C. The number of hydrogen-bond acceptors (Lipinski definition) is 4. The molecule has 0 N–H and O–H groups in total. The molecule has 2 aromatic rings. The Hall–Kier alpha value is -2.21. The first-order valence-corrected chi connectivity index (χ1v) is 10.1. The number of aryl methyl sites for hydroxylation is 1. The van der Waals surface area contributed by atoms with Crippen molar-refractivity contribution in [3.05, 3.63) is 52.8 Å². The second kappa shape index (κ2) is 7.58. The first kappa shape index (κ1) is 18.6. The summed E-state index contributed by atoms with van der Waals surface area (Å²) in [5.41, 5.74) is 2.85. The van der Waals surface area contributed by atoms with E-state index in [1.165, 1.54) is 0 Å². The van der Waals surface area contributed by atoms with Gasteiger partial charge in [-0.2, -0.15) is 0 Å². The van der Waals surface area contributed by atoms with Crippen molar-refractivity contribution in [1.29, 1.82) is 0 Å². The third-order valence-corrected chi connectivity index (χ3v) is 6.02. The van der Waals surface area contributed by atoms with Crippen LogP contribution in [0.2, 0.25) is 0 Å². The van der Waals surface area contributed by atoms with Crippen LogP contribution in [0.4, 0.5) is 0 Å². The Kier molecular flexibility index (Phi) is 5.41. The molecule has 1 saturated carbocycles. The van der Waals surface area contributed by atoms with Crippen LogP contribution in [0.25, 0.3) is 0 Å². The standard InChI is InChI=1S/C20H23NO4S/c1-4-26(24)19-8-6-5-7-16(19)20(23)25-12-18(22)17-11-13(2)21(14(17)3)15-9-10-15/h5-8,11,15H,4,9-10,12H2,1-3H3. The van der Waals surface area contributed by atoms with Crippen LogP contribution in [0.5, 0.6) is 0 Å². The maximum absolute atomic E-state index is 12.5. The van der Waals surface area contributed by atoms with Crippen LogP contribution in [-0.2, 0) is 15.5 Å². The lowest BCUT2D eigenvalue weighted by Gasteiger charge is -2.09. The molecular formula is C20H23NO4S. The van der Waals surface area contributed by atoms with Gasteiger partial charge in [0, 0.05) is 28.7 Å². The number of carbonyl (C=O) groups excluding carboxylic acids is 2. The number of nitrogens with zero attached hydrogens (tertiary/aromatic N) is 1. The van der Waals surface area contributed by atoms with Crippen molar-refractivity contribution in [2.24, 2.45) is 0 Å². The molecule has 0 radical (unpaired) electrons. The fourth-order valence-electron chi connectivity index (χ4n) is 3.23. The van der Waals surface area contributed by atoms with Crippen LogP contribution in [-0.4, -0.2) is 32.9 Å². The van der Waals surface area contributed by atoms with Crippen LogP contribution < -0.4 is 0 Å². The summed E-state index contributed by atoms with van der Waals surface area (Å²) in [6.07, 6.45) is 2.29. The monoisotopic (exact) mass is 373 g/mol. The van der Waals surface area contributed by atoms with E-state index in [1.807, 2.05) is 19.9 Å². The fraction of sp³-hybridized carbons (Fsp3) is 0.400. The number of rotatable bonds is 7. The maximum Gasteiger partial charge on any atom is 0.339 e. The Morgan fingerprint density at radius 3 is 2.54 bits per heavy atom. The van der Waals surface area contributed by atoms with Crippen molar-refractivity contribution in [2.45, 2.75) is 44.6 Å². The number of ether oxygens (including phenoxy) is 1. The number of Topliss-reactive ketones (excluding diaryl/α,β-unsaturated/α-hetero) is 1. The van der Waals surface area contributed by atoms with E-state index in [9.17, 15) is 13.8 Å². The Morgan fingerprint density at radius 2 is 1.88 bits per heavy atom. The van der Waals surface area contributed by atoms with Crippen molar-refractivity contribution >= 4 is 22.6 Å². The summed E-state index contributed by atoms with van der Waals surface area (Å²) in [5, 5.41) is 0. The molecule has 0 bridgehead atoms. The van der Waals surface area contributed by atoms with Crippen LogP contribution in [0, 0.1) is 13.8 Å². The quantitative estimate of drug-likeness (QED) is 0.549. The summed E-state index contributed by atoms with van der Waals surface area (Å²) >= 11 is 0. The highest BCUT2D eigenvalue weighted by atomic mass is 32.2. The minimum Gasteiger partial charge on any atom is -0.454 e. The zero-order chi connectivity index (χ0) is 18.8. The highest BCUT2D eigenvalue weighted by molar-refractivity contribution is 7.85. The van der Waals surface area contributed by atoms with E-state index in [2.05, 4.69) is 4.57 Å². The van der Waals surface area contributed by atoms with Gasteiger partial charge in [-0.15, -0.1) is 0 Å². The highest BCUT2D eigenvalue weighted by Gasteiger charge is 2.28. The van der Waals surface area contributed by atoms with Gasteiger partial charge in [0.1, 0.15) is 0 Å². The van der Waals surface area contributed by atoms with Crippen molar-refractivity contribution in [3.8, 4) is 0 Å². The van der Waals surface area contributed by atoms with Gasteiger partial charge in [-0.1, -0.05) is 19.1 Å². The van der Waals surface area contributed by atoms with Crippen LogP contribution in [0.1, 0.15) is 57.9 Å². The first-order chi connectivity index (χ1) is 12.4. The van der Waals surface area contributed by atoms with Gasteiger partial charge in [0.25, 0.3) is 0 Å². The van der Waals surface area contributed by atoms with Crippen LogP contribution in [0.15, 0.2) is 35.2 Å². The van der Waals surface area contributed by atoms with Crippen molar-refractivity contribution in [3.63, 3.8) is 0 Å². The molecular weight excluding hydrogens is 350 g/mol. The van der Waals surface area contributed by atoms with E-state index in [1.54, 1.807) is 31.2 Å². The Balaban J connectivity index is 1.72. The Morgan fingerprint density at radius 1 is 1.19 bits per heavy atom. The van der Waals surface area contributed by atoms with E-state index < -0.39 is 16.8 Å². The van der Waals surface area contributed by atoms with E-state index in [0.29, 0.717) is 22.3 Å². The summed E-state index contributed by atoms with van der Waals surface area (Å²) < 4.78 is 19.5. The molecule has 1 unspecified atom stereocenters. The van der Waals surface area contributed by atoms with E-state index >= 15 is 0 Å². The molecule has 26 heavy (non-hydrogen) atoms. The summed E-state index contributed by atoms with van der Waals surface area (Å²) in [5.74, 6) is -0.421. The molecule has 0 saturated heterocycles. The topological polar surface area (TPSA) is 65.4 Å². The molecule has 1 aliphatic rings. The first-order valence-electron chi connectivity index (χ1n) is 8.80. The van der Waals surface area contributed by atoms with Crippen molar-refractivity contribution < 1.29 is 18.5 Å². The van der Waals surface area contributed by atoms with Crippen LogP contribution in [0.3, 0.4) is 0 Å². The summed E-state index contributed by atoms with van der Waals surface area (Å²) in [7, 11) is -1.26. The molecule has 0 amide bonds. The molecule has 0 aliphatic heterocycles. The molecule has 6 heteroatoms. The van der Waals surface area contributed by atoms with Crippen LogP contribution >= 0.6 is 0 Å². The fourth-order valence-corrected chi connectivity index (χ4v) is 4.17. The minimum absolute atomic E-state index is 0.215. The lowest BCUT2D eigenvalue weighted by atomic mass is 10.1. The van der Waals surface area contributed by atoms with E-state index in [0.717, 1.165) is 24.2 Å². The van der Waals surface area contributed by atoms with Gasteiger partial charge >= 0.3 is 5.97 Å². The van der Waals surface area contributed by atoms with Gasteiger partial charge in [-0.05, 0) is 44.9 Å². The minimum atomic E-state index is -1.26. The average Bonchev–Trinajstić information content (AvgIpc) is 3.43. The number of carbonyl (C=O) groups is 2. The molecule has 1 aromatic carbocycles. The number of ketones is 1. The molecule has 1 aromatic heterocycles. The molecule has 3 rings (SSSR count). The Bertz CT molecular complexity index is 880. The molecule has 1 aliphatic carbocycles. The highest BCUT2D eigenvalue weighted by Crippen LogP contribution is 2.38. The van der Waals surface area contributed by atoms with Gasteiger partial charge in [0.15, 0.2) is 6.61 Å². The molecule has 0 spiro atoms. The van der Waals surface area contributed by atoms with Gasteiger partial charge in [-0.25, -0.2) is 4.79 Å². The lowest BCUT2D eigenvalue weighted by molar-refractivity contribution is 0.0471. The zero-order valence-corrected chi connectivity index (χ0v) is 16.1. The number of esters is 1. The summed E-state index contributed by atoms with van der Waals surface area (Å²) in [6, 6.07) is 9.02. The largest absolute Gasteiger partial charge is 0.454 e. The maximum atomic E-state index is 12.5. The second-order valence-electron chi connectivity index (χ2n) is 6.52. The normalized spacial score (nSPS) is 14.9. The molecule has 1 heterocycles. The van der Waals surface area contributed by atoms with E-state index in [-0.39, 0.29) is 18.0 Å².